The number of fused-ring (bicyclic) bond motifs is 2. The lowest BCUT2D eigenvalue weighted by Gasteiger charge is -2.15. The highest BCUT2D eigenvalue weighted by atomic mass is 32.2. The first-order chi connectivity index (χ1) is 15.2. The molecule has 4 aromatic rings. The number of ether oxygens (including phenoxy) is 1. The zero-order chi connectivity index (χ0) is 21.0. The molecule has 0 fully saturated rings. The number of nitrogens with zero attached hydrogens (tertiary/aromatic N) is 3. The third-order valence-corrected chi connectivity index (χ3v) is 5.80. The third kappa shape index (κ3) is 4.57. The van der Waals surface area contributed by atoms with E-state index in [0.717, 1.165) is 38.5 Å². The summed E-state index contributed by atoms with van der Waals surface area (Å²) in [6.45, 7) is 0.307. The van der Waals surface area contributed by atoms with Crippen molar-refractivity contribution in [3.63, 3.8) is 0 Å². The van der Waals surface area contributed by atoms with Crippen LogP contribution < -0.4 is 10.1 Å². The summed E-state index contributed by atoms with van der Waals surface area (Å²) >= 11 is 1.53. The first-order valence-corrected chi connectivity index (χ1v) is 10.8. The number of rotatable bonds is 5. The molecule has 3 aromatic carbocycles. The van der Waals surface area contributed by atoms with Crippen LogP contribution in [0.1, 0.15) is 11.4 Å². The van der Waals surface area contributed by atoms with Crippen LogP contribution in [0.5, 0.6) is 5.75 Å². The van der Waals surface area contributed by atoms with Gasteiger partial charge in [-0.2, -0.15) is 0 Å². The average molecular weight is 427 g/mol. The monoisotopic (exact) mass is 426 g/mol. The number of anilines is 1. The van der Waals surface area contributed by atoms with Gasteiger partial charge in [-0.3, -0.25) is 9.79 Å². The summed E-state index contributed by atoms with van der Waals surface area (Å²) in [5, 5.41) is 3.88. The molecule has 7 heteroatoms. The maximum absolute atomic E-state index is 11.4. The van der Waals surface area contributed by atoms with Crippen LogP contribution in [0.3, 0.4) is 0 Å². The molecular weight excluding hydrogens is 408 g/mol. The summed E-state index contributed by atoms with van der Waals surface area (Å²) in [5.41, 5.74) is 3.56. The first-order valence-electron chi connectivity index (χ1n) is 9.77. The Balaban J connectivity index is 1.22. The van der Waals surface area contributed by atoms with Crippen LogP contribution in [-0.4, -0.2) is 27.8 Å². The van der Waals surface area contributed by atoms with Gasteiger partial charge in [-0.25, -0.2) is 9.97 Å². The Morgan fingerprint density at radius 1 is 1.10 bits per heavy atom. The highest BCUT2D eigenvalue weighted by Gasteiger charge is 2.15. The van der Waals surface area contributed by atoms with Gasteiger partial charge >= 0.3 is 0 Å². The zero-order valence-corrected chi connectivity index (χ0v) is 17.3. The second-order valence-corrected chi connectivity index (χ2v) is 8.00. The van der Waals surface area contributed by atoms with E-state index >= 15 is 0 Å². The largest absolute Gasteiger partial charge is 0.486 e. The average Bonchev–Trinajstić information content (AvgIpc) is 2.82. The van der Waals surface area contributed by atoms with E-state index in [1.165, 1.54) is 11.8 Å². The molecule has 0 saturated carbocycles. The Morgan fingerprint density at radius 3 is 2.87 bits per heavy atom. The van der Waals surface area contributed by atoms with E-state index in [4.69, 9.17) is 4.74 Å². The Morgan fingerprint density at radius 2 is 1.97 bits per heavy atom. The minimum atomic E-state index is 0.0308. The molecule has 6 nitrogen and oxygen atoms in total. The van der Waals surface area contributed by atoms with Crippen molar-refractivity contribution in [1.82, 2.24) is 9.97 Å². The number of hydrogen-bond donors (Lipinski definition) is 1. The van der Waals surface area contributed by atoms with Crippen molar-refractivity contribution >= 4 is 46.2 Å². The number of aliphatic imine (C=N–C) groups is 1. The van der Waals surface area contributed by atoms with Crippen molar-refractivity contribution in [2.75, 3.05) is 11.1 Å². The van der Waals surface area contributed by atoms with Crippen LogP contribution in [0.25, 0.3) is 10.9 Å². The number of thioether (sulfide) groups is 1. The molecule has 0 atom stereocenters. The normalized spacial score (nSPS) is 13.2. The Bertz CT molecular complexity index is 1290. The zero-order valence-electron chi connectivity index (χ0n) is 16.5. The van der Waals surface area contributed by atoms with Gasteiger partial charge in [0, 0.05) is 22.7 Å². The minimum Gasteiger partial charge on any atom is -0.486 e. The molecule has 152 valence electrons. The van der Waals surface area contributed by atoms with Crippen LogP contribution in [0, 0.1) is 0 Å². The Labute approximate surface area is 183 Å². The molecule has 5 rings (SSSR count). The number of carbonyl (C=O) groups is 1. The predicted octanol–water partition coefficient (Wildman–Crippen LogP) is 5.00. The van der Waals surface area contributed by atoms with Crippen molar-refractivity contribution < 1.29 is 9.53 Å². The summed E-state index contributed by atoms with van der Waals surface area (Å²) < 4.78 is 5.82. The van der Waals surface area contributed by atoms with Crippen LogP contribution >= 0.6 is 11.8 Å². The minimum absolute atomic E-state index is 0.0308. The highest BCUT2D eigenvalue weighted by molar-refractivity contribution is 8.00. The van der Waals surface area contributed by atoms with E-state index in [-0.39, 0.29) is 5.91 Å². The number of para-hydroxylation sites is 1. The lowest BCUT2D eigenvalue weighted by atomic mass is 10.2. The second-order valence-electron chi connectivity index (χ2n) is 6.98. The van der Waals surface area contributed by atoms with Crippen LogP contribution in [0.2, 0.25) is 0 Å². The second kappa shape index (κ2) is 8.57. The Kier molecular flexibility index (Phi) is 5.33. The quantitative estimate of drug-likeness (QED) is 0.454. The molecule has 2 heterocycles. The van der Waals surface area contributed by atoms with Crippen molar-refractivity contribution in [2.45, 2.75) is 11.5 Å². The number of nitrogens with one attached hydrogen (secondary N) is 1. The van der Waals surface area contributed by atoms with Crippen molar-refractivity contribution in [2.24, 2.45) is 4.99 Å². The van der Waals surface area contributed by atoms with Gasteiger partial charge in [-0.15, -0.1) is 11.8 Å². The molecule has 0 saturated heterocycles. The van der Waals surface area contributed by atoms with Gasteiger partial charge in [0.1, 0.15) is 12.4 Å². The van der Waals surface area contributed by atoms with Gasteiger partial charge in [0.2, 0.25) is 5.91 Å². The summed E-state index contributed by atoms with van der Waals surface area (Å²) in [5.74, 6) is 1.86. The maximum Gasteiger partial charge on any atom is 0.234 e. The molecular formula is C24H18N4O2S. The van der Waals surface area contributed by atoms with Gasteiger partial charge in [0.25, 0.3) is 0 Å². The fraction of sp³-hybridized carbons (Fsp3) is 0.0833. The van der Waals surface area contributed by atoms with Gasteiger partial charge in [-0.1, -0.05) is 18.2 Å². The van der Waals surface area contributed by atoms with Gasteiger partial charge in [-0.05, 0) is 54.1 Å². The molecule has 1 aromatic heterocycles. The molecule has 0 spiro atoms. The lowest BCUT2D eigenvalue weighted by Crippen LogP contribution is -2.18. The molecule has 0 radical (unpaired) electrons. The van der Waals surface area contributed by atoms with Gasteiger partial charge in [0.15, 0.2) is 5.82 Å². The Hall–Kier alpha value is -3.71. The molecule has 0 bridgehead atoms. The van der Waals surface area contributed by atoms with Crippen molar-refractivity contribution in [1.29, 1.82) is 0 Å². The summed E-state index contributed by atoms with van der Waals surface area (Å²) in [6, 6.07) is 21.4. The van der Waals surface area contributed by atoms with E-state index in [9.17, 15) is 4.79 Å². The van der Waals surface area contributed by atoms with Gasteiger partial charge < -0.3 is 10.1 Å². The molecule has 1 aliphatic rings. The molecule has 1 aliphatic heterocycles. The van der Waals surface area contributed by atoms with E-state index < -0.39 is 0 Å². The summed E-state index contributed by atoms with van der Waals surface area (Å²) in [4.78, 5) is 25.9. The van der Waals surface area contributed by atoms with Crippen molar-refractivity contribution in [3.8, 4) is 5.75 Å². The van der Waals surface area contributed by atoms with Crippen LogP contribution in [-0.2, 0) is 11.4 Å². The fourth-order valence-electron chi connectivity index (χ4n) is 3.17. The maximum atomic E-state index is 11.4. The molecule has 0 unspecified atom stereocenters. The van der Waals surface area contributed by atoms with Crippen molar-refractivity contribution in [3.05, 3.63) is 84.3 Å². The number of hydrogen-bond acceptors (Lipinski definition) is 6. The topological polar surface area (TPSA) is 76.5 Å². The van der Waals surface area contributed by atoms with E-state index in [2.05, 4.69) is 20.3 Å². The van der Waals surface area contributed by atoms with E-state index in [0.29, 0.717) is 18.2 Å². The fourth-order valence-corrected chi connectivity index (χ4v) is 4.01. The van der Waals surface area contributed by atoms with E-state index in [1.807, 2.05) is 79.1 Å². The molecule has 0 aliphatic carbocycles. The van der Waals surface area contributed by atoms with Gasteiger partial charge in [0.05, 0.1) is 22.6 Å². The smallest absolute Gasteiger partial charge is 0.234 e. The number of amides is 1. The first kappa shape index (κ1) is 19.3. The van der Waals surface area contributed by atoms with Crippen LogP contribution in [0.4, 0.5) is 11.4 Å². The standard InChI is InChI=1S/C24H18N4O2S/c29-24-15-31-22-11-18(7-10-21(22)28-24)25-12-16-5-8-19(9-6-16)30-14-23-26-13-17-3-1-2-4-20(17)27-23/h1-13H,14-15H2,(H,28,29). The van der Waals surface area contributed by atoms with Crippen LogP contribution in [0.15, 0.2) is 82.8 Å². The molecule has 1 amide bonds. The summed E-state index contributed by atoms with van der Waals surface area (Å²) in [7, 11) is 0. The SMILES string of the molecule is O=C1CSc2cc(N=Cc3ccc(OCc4ncc5ccccc5n4)cc3)ccc2N1. The summed E-state index contributed by atoms with van der Waals surface area (Å²) in [6.07, 6.45) is 3.62. The molecule has 1 N–H and O–H groups in total. The number of benzene rings is 3. The lowest BCUT2D eigenvalue weighted by molar-refractivity contribution is -0.113. The highest BCUT2D eigenvalue weighted by Crippen LogP contribution is 2.34. The number of aromatic nitrogens is 2. The van der Waals surface area contributed by atoms with E-state index in [1.54, 1.807) is 0 Å². The number of carbonyl (C=O) groups excluding carboxylic acids is 1. The molecule has 31 heavy (non-hydrogen) atoms. The predicted molar refractivity (Wildman–Crippen MR) is 123 cm³/mol. The third-order valence-electron chi connectivity index (χ3n) is 4.75.